The molecule has 0 spiro atoms. The van der Waals surface area contributed by atoms with Crippen LogP contribution in [0.15, 0.2) is 96.1 Å². The van der Waals surface area contributed by atoms with Crippen molar-refractivity contribution in [2.75, 3.05) is 0 Å². The van der Waals surface area contributed by atoms with Gasteiger partial charge < -0.3 is 0 Å². The van der Waals surface area contributed by atoms with Crippen molar-refractivity contribution >= 4 is 12.2 Å². The van der Waals surface area contributed by atoms with Crippen LogP contribution in [0.4, 0.5) is 0 Å². The van der Waals surface area contributed by atoms with Crippen molar-refractivity contribution in [2.45, 2.75) is 20.3 Å². The summed E-state index contributed by atoms with van der Waals surface area (Å²) >= 11 is 0. The number of rotatable bonds is 6. The lowest BCUT2D eigenvalue weighted by atomic mass is 10.1. The Hall–Kier alpha value is -2.60. The van der Waals surface area contributed by atoms with Crippen LogP contribution >= 0.6 is 0 Å². The van der Waals surface area contributed by atoms with E-state index in [1.54, 1.807) is 0 Å². The molecule has 0 bridgehead atoms. The van der Waals surface area contributed by atoms with Gasteiger partial charge in [0.1, 0.15) is 0 Å². The molecule has 2 aromatic carbocycles. The molecule has 0 aliphatic heterocycles. The van der Waals surface area contributed by atoms with Crippen molar-refractivity contribution in [1.82, 2.24) is 0 Å². The Kier molecular flexibility index (Phi) is 6.87. The third-order valence-corrected chi connectivity index (χ3v) is 3.42. The van der Waals surface area contributed by atoms with Crippen molar-refractivity contribution in [2.24, 2.45) is 0 Å². The van der Waals surface area contributed by atoms with E-state index in [4.69, 9.17) is 0 Å². The molecule has 0 radical (unpaired) electrons. The minimum atomic E-state index is 0.944. The van der Waals surface area contributed by atoms with Gasteiger partial charge >= 0.3 is 0 Å². The zero-order valence-electron chi connectivity index (χ0n) is 13.9. The Morgan fingerprint density at radius 1 is 0.652 bits per heavy atom. The molecule has 0 saturated carbocycles. The summed E-state index contributed by atoms with van der Waals surface area (Å²) in [5.41, 5.74) is 5.01. The third kappa shape index (κ3) is 6.80. The molecular weight excluding hydrogens is 276 g/mol. The summed E-state index contributed by atoms with van der Waals surface area (Å²) in [6.45, 7) is 4.27. The molecule has 0 nitrogen and oxygen atoms in total. The van der Waals surface area contributed by atoms with Crippen LogP contribution in [-0.2, 0) is 0 Å². The van der Waals surface area contributed by atoms with Crippen LogP contribution in [0.5, 0.6) is 0 Å². The van der Waals surface area contributed by atoms with Crippen LogP contribution in [0.3, 0.4) is 0 Å². The van der Waals surface area contributed by atoms with Crippen LogP contribution in [0.25, 0.3) is 12.2 Å². The van der Waals surface area contributed by atoms with Gasteiger partial charge in [-0.3, -0.25) is 0 Å². The van der Waals surface area contributed by atoms with Crippen molar-refractivity contribution in [3.63, 3.8) is 0 Å². The van der Waals surface area contributed by atoms with E-state index in [-0.39, 0.29) is 0 Å². The van der Waals surface area contributed by atoms with Gasteiger partial charge in [0.2, 0.25) is 0 Å². The van der Waals surface area contributed by atoms with Gasteiger partial charge in [-0.15, -0.1) is 0 Å². The molecule has 0 unspecified atom stereocenters. The standard InChI is InChI=1S/C23H24/c1-20(18-22-14-8-4-9-15-22)12-6-3-7-13-21(2)19-23-16-10-5-11-17-23/h4-19H,3H2,1-2H3/b12-6+,13-7+,20-18+,21-19+. The molecule has 0 amide bonds. The molecule has 0 heterocycles. The van der Waals surface area contributed by atoms with Gasteiger partial charge in [-0.05, 0) is 31.4 Å². The molecule has 0 atom stereocenters. The van der Waals surface area contributed by atoms with E-state index in [1.807, 2.05) is 12.1 Å². The van der Waals surface area contributed by atoms with Gasteiger partial charge in [-0.2, -0.15) is 0 Å². The van der Waals surface area contributed by atoms with Crippen molar-refractivity contribution in [3.8, 4) is 0 Å². The average Bonchev–Trinajstić information content (AvgIpc) is 2.56. The third-order valence-electron chi connectivity index (χ3n) is 3.42. The summed E-state index contributed by atoms with van der Waals surface area (Å²) in [5, 5.41) is 0. The van der Waals surface area contributed by atoms with E-state index in [0.29, 0.717) is 0 Å². The van der Waals surface area contributed by atoms with E-state index in [9.17, 15) is 0 Å². The molecule has 23 heavy (non-hydrogen) atoms. The number of hydrogen-bond donors (Lipinski definition) is 0. The summed E-state index contributed by atoms with van der Waals surface area (Å²) in [6.07, 6.45) is 14.1. The predicted molar refractivity (Wildman–Crippen MR) is 103 cm³/mol. The molecule has 2 aromatic rings. The maximum absolute atomic E-state index is 2.20. The molecule has 0 aromatic heterocycles. The van der Waals surface area contributed by atoms with Crippen molar-refractivity contribution in [3.05, 3.63) is 107 Å². The largest absolute Gasteiger partial charge is 0.0805 e. The smallest absolute Gasteiger partial charge is 0.0163 e. The lowest BCUT2D eigenvalue weighted by molar-refractivity contribution is 1.36. The van der Waals surface area contributed by atoms with Crippen LogP contribution in [0, 0.1) is 0 Å². The van der Waals surface area contributed by atoms with Crippen LogP contribution < -0.4 is 0 Å². The maximum atomic E-state index is 2.20. The number of hydrogen-bond acceptors (Lipinski definition) is 0. The van der Waals surface area contributed by atoms with E-state index < -0.39 is 0 Å². The summed E-state index contributed by atoms with van der Waals surface area (Å²) in [5.74, 6) is 0. The molecular formula is C23H24. The van der Waals surface area contributed by atoms with E-state index >= 15 is 0 Å². The zero-order chi connectivity index (χ0) is 16.3. The predicted octanol–water partition coefficient (Wildman–Crippen LogP) is 6.70. The van der Waals surface area contributed by atoms with Gasteiger partial charge in [-0.25, -0.2) is 0 Å². The van der Waals surface area contributed by atoms with Gasteiger partial charge in [0.15, 0.2) is 0 Å². The summed E-state index contributed by atoms with van der Waals surface area (Å²) in [6, 6.07) is 20.8. The van der Waals surface area contributed by atoms with Gasteiger partial charge in [0.25, 0.3) is 0 Å². The fourth-order valence-electron chi connectivity index (χ4n) is 2.31. The lowest BCUT2D eigenvalue weighted by Crippen LogP contribution is -1.74. The first-order chi connectivity index (χ1) is 11.2. The Bertz CT molecular complexity index is 635. The topological polar surface area (TPSA) is 0 Å². The quantitative estimate of drug-likeness (QED) is 0.521. The number of allylic oxidation sites excluding steroid dienone is 6. The summed E-state index contributed by atoms with van der Waals surface area (Å²) < 4.78 is 0. The summed E-state index contributed by atoms with van der Waals surface area (Å²) in [7, 11) is 0. The van der Waals surface area contributed by atoms with E-state index in [0.717, 1.165) is 6.42 Å². The molecule has 2 rings (SSSR count). The summed E-state index contributed by atoms with van der Waals surface area (Å²) in [4.78, 5) is 0. The SMILES string of the molecule is CC(/C=C/C/C=C/C(C)=C/c1ccccc1)=C\c1ccccc1. The Balaban J connectivity index is 1.84. The van der Waals surface area contributed by atoms with Crippen LogP contribution in [0.2, 0.25) is 0 Å². The van der Waals surface area contributed by atoms with Crippen molar-refractivity contribution < 1.29 is 0 Å². The monoisotopic (exact) mass is 300 g/mol. The molecule has 0 heteroatoms. The zero-order valence-corrected chi connectivity index (χ0v) is 13.9. The molecule has 0 aliphatic carbocycles. The second-order valence-electron chi connectivity index (χ2n) is 5.64. The highest BCUT2D eigenvalue weighted by Gasteiger charge is 1.87. The molecule has 0 aliphatic rings. The fourth-order valence-corrected chi connectivity index (χ4v) is 2.31. The normalized spacial score (nSPS) is 13.1. The first-order valence-corrected chi connectivity index (χ1v) is 8.04. The van der Waals surface area contributed by atoms with Crippen LogP contribution in [-0.4, -0.2) is 0 Å². The van der Waals surface area contributed by atoms with E-state index in [1.165, 1.54) is 22.3 Å². The van der Waals surface area contributed by atoms with Gasteiger partial charge in [0, 0.05) is 0 Å². The highest BCUT2D eigenvalue weighted by molar-refractivity contribution is 5.55. The van der Waals surface area contributed by atoms with Gasteiger partial charge in [-0.1, -0.05) is 108 Å². The first kappa shape index (κ1) is 16.8. The minimum Gasteiger partial charge on any atom is -0.0805 e. The van der Waals surface area contributed by atoms with Crippen molar-refractivity contribution in [1.29, 1.82) is 0 Å². The average molecular weight is 300 g/mol. The first-order valence-electron chi connectivity index (χ1n) is 8.04. The lowest BCUT2D eigenvalue weighted by Gasteiger charge is -1.95. The Morgan fingerprint density at radius 2 is 1.04 bits per heavy atom. The molecule has 0 fully saturated rings. The van der Waals surface area contributed by atoms with E-state index in [2.05, 4.69) is 98.8 Å². The Morgan fingerprint density at radius 3 is 1.43 bits per heavy atom. The highest BCUT2D eigenvalue weighted by atomic mass is 13.9. The van der Waals surface area contributed by atoms with Crippen LogP contribution in [0.1, 0.15) is 31.4 Å². The molecule has 0 N–H and O–H groups in total. The maximum Gasteiger partial charge on any atom is -0.0163 e. The highest BCUT2D eigenvalue weighted by Crippen LogP contribution is 2.09. The fraction of sp³-hybridized carbons (Fsp3) is 0.130. The van der Waals surface area contributed by atoms with Gasteiger partial charge in [0.05, 0.1) is 0 Å². The number of benzene rings is 2. The molecule has 0 saturated heterocycles. The molecule has 116 valence electrons. The Labute approximate surface area is 140 Å². The second-order valence-corrected chi connectivity index (χ2v) is 5.64. The minimum absolute atomic E-state index is 0.944. The second kappa shape index (κ2) is 9.42.